The van der Waals surface area contributed by atoms with Crippen molar-refractivity contribution in [3.63, 3.8) is 0 Å². The van der Waals surface area contributed by atoms with Crippen LogP contribution in [0.4, 0.5) is 5.69 Å². The fourth-order valence-corrected chi connectivity index (χ4v) is 5.14. The second-order valence-electron chi connectivity index (χ2n) is 9.36. The van der Waals surface area contributed by atoms with Crippen LogP contribution in [0.15, 0.2) is 21.4 Å². The van der Waals surface area contributed by atoms with Crippen molar-refractivity contribution in [3.8, 4) is 5.75 Å². The largest absolute Gasteiger partial charge is 0.423 e. The van der Waals surface area contributed by atoms with Crippen LogP contribution in [-0.4, -0.2) is 42.9 Å². The number of hydrogen-bond donors (Lipinski definition) is 1. The molecule has 1 aromatic carbocycles. The van der Waals surface area contributed by atoms with Gasteiger partial charge in [-0.3, -0.25) is 14.4 Å². The number of hydrogen-bond acceptors (Lipinski definition) is 6. The number of benzene rings is 1. The molecule has 2 aliphatic heterocycles. The Labute approximate surface area is 206 Å². The van der Waals surface area contributed by atoms with E-state index in [-0.39, 0.29) is 40.8 Å². The number of aryl methyl sites for hydroxylation is 1. The van der Waals surface area contributed by atoms with Gasteiger partial charge in [-0.2, -0.15) is 0 Å². The van der Waals surface area contributed by atoms with Crippen LogP contribution in [0.25, 0.3) is 10.9 Å². The minimum Gasteiger partial charge on any atom is -0.423 e. The third-order valence-electron chi connectivity index (χ3n) is 7.02. The molecule has 0 atom stereocenters. The Bertz CT molecular complexity index is 1180. The molecular formula is C25H29BrN2O6. The van der Waals surface area contributed by atoms with Gasteiger partial charge in [-0.1, -0.05) is 15.9 Å². The Hall–Kier alpha value is -2.23. The predicted octanol–water partition coefficient (Wildman–Crippen LogP) is 4.10. The van der Waals surface area contributed by atoms with Crippen molar-refractivity contribution in [2.45, 2.75) is 51.5 Å². The molecule has 1 amide bonds. The van der Waals surface area contributed by atoms with E-state index in [0.29, 0.717) is 57.5 Å². The number of esters is 1. The first kappa shape index (κ1) is 23.5. The van der Waals surface area contributed by atoms with Crippen LogP contribution >= 0.6 is 15.9 Å². The zero-order valence-electron chi connectivity index (χ0n) is 19.2. The van der Waals surface area contributed by atoms with Gasteiger partial charge in [-0.15, -0.1) is 0 Å². The highest BCUT2D eigenvalue weighted by molar-refractivity contribution is 9.10. The predicted molar refractivity (Wildman–Crippen MR) is 130 cm³/mol. The zero-order valence-corrected chi connectivity index (χ0v) is 20.8. The van der Waals surface area contributed by atoms with E-state index in [0.717, 1.165) is 28.4 Å². The lowest BCUT2D eigenvalue weighted by molar-refractivity contribution is -0.141. The molecule has 8 nitrogen and oxygen atoms in total. The van der Waals surface area contributed by atoms with Gasteiger partial charge in [0, 0.05) is 48.2 Å². The van der Waals surface area contributed by atoms with Gasteiger partial charge in [0.2, 0.25) is 5.91 Å². The summed E-state index contributed by atoms with van der Waals surface area (Å²) in [5.41, 5.74) is 1.36. The maximum Gasteiger partial charge on any atom is 0.314 e. The van der Waals surface area contributed by atoms with Crippen LogP contribution in [0, 0.1) is 18.8 Å². The molecule has 2 saturated heterocycles. The highest BCUT2D eigenvalue weighted by Gasteiger charge is 2.34. The summed E-state index contributed by atoms with van der Waals surface area (Å²) in [4.78, 5) is 40.1. The Morgan fingerprint density at radius 1 is 1.00 bits per heavy atom. The van der Waals surface area contributed by atoms with Gasteiger partial charge in [0.05, 0.1) is 11.4 Å². The number of carbonyl (C=O) groups excluding carboxylic acids is 2. The monoisotopic (exact) mass is 532 g/mol. The second-order valence-corrected chi connectivity index (χ2v) is 10.2. The van der Waals surface area contributed by atoms with Crippen molar-refractivity contribution in [2.24, 2.45) is 11.8 Å². The molecule has 1 aliphatic carbocycles. The number of nitrogens with zero attached hydrogens (tertiary/aromatic N) is 1. The number of nitrogens with one attached hydrogen (secondary N) is 1. The highest BCUT2D eigenvalue weighted by Crippen LogP contribution is 2.42. The smallest absolute Gasteiger partial charge is 0.314 e. The van der Waals surface area contributed by atoms with E-state index in [4.69, 9.17) is 14.2 Å². The lowest BCUT2D eigenvalue weighted by Crippen LogP contribution is -2.34. The maximum absolute atomic E-state index is 13.8. The van der Waals surface area contributed by atoms with E-state index < -0.39 is 5.97 Å². The van der Waals surface area contributed by atoms with Gasteiger partial charge in [-0.25, -0.2) is 0 Å². The first-order valence-corrected chi connectivity index (χ1v) is 12.8. The molecule has 0 spiro atoms. The number of aromatic nitrogens is 1. The lowest BCUT2D eigenvalue weighted by Gasteiger charge is -2.25. The zero-order chi connectivity index (χ0) is 23.8. The Kier molecular flexibility index (Phi) is 6.77. The number of halogens is 1. The van der Waals surface area contributed by atoms with E-state index >= 15 is 0 Å². The summed E-state index contributed by atoms with van der Waals surface area (Å²) >= 11 is 3.57. The van der Waals surface area contributed by atoms with E-state index in [2.05, 4.69) is 21.2 Å². The molecule has 5 rings (SSSR count). The van der Waals surface area contributed by atoms with Crippen molar-refractivity contribution in [1.82, 2.24) is 4.57 Å². The normalized spacial score (nSPS) is 19.8. The summed E-state index contributed by atoms with van der Waals surface area (Å²) in [5, 5.41) is 3.51. The van der Waals surface area contributed by atoms with Crippen LogP contribution in [0.2, 0.25) is 0 Å². The van der Waals surface area contributed by atoms with Crippen LogP contribution in [-0.2, 0) is 19.1 Å². The van der Waals surface area contributed by atoms with E-state index in [1.165, 1.54) is 0 Å². The molecule has 2 aromatic rings. The number of amides is 1. The number of carbonyl (C=O) groups is 2. The van der Waals surface area contributed by atoms with Gasteiger partial charge in [0.15, 0.2) is 11.4 Å². The molecule has 0 bridgehead atoms. The van der Waals surface area contributed by atoms with Crippen LogP contribution in [0.1, 0.15) is 50.1 Å². The average molecular weight is 533 g/mol. The fraction of sp³-hybridized carbons (Fsp3) is 0.560. The van der Waals surface area contributed by atoms with Gasteiger partial charge in [0.1, 0.15) is 0 Å². The molecule has 0 radical (unpaired) electrons. The van der Waals surface area contributed by atoms with Crippen molar-refractivity contribution in [2.75, 3.05) is 31.7 Å². The number of fused-ring (bicyclic) bond motifs is 1. The lowest BCUT2D eigenvalue weighted by atomic mass is 9.99. The fourth-order valence-electron chi connectivity index (χ4n) is 4.82. The van der Waals surface area contributed by atoms with E-state index in [9.17, 15) is 14.4 Å². The minimum absolute atomic E-state index is 0.0537. The van der Waals surface area contributed by atoms with Crippen molar-refractivity contribution in [1.29, 1.82) is 0 Å². The molecule has 1 saturated carbocycles. The standard InChI is InChI=1S/C25H29BrN2O6/c1-14-19(26)5-4-18-21(14)28(17-2-3-17)24(30)20(27-23(29)15-6-10-32-11-7-15)22(18)34-25(31)16-8-12-33-13-9-16/h4-5,15-17H,2-3,6-13H2,1H3,(H,27,29). The van der Waals surface area contributed by atoms with Gasteiger partial charge in [-0.05, 0) is 63.1 Å². The molecule has 9 heteroatoms. The summed E-state index contributed by atoms with van der Waals surface area (Å²) in [6.45, 7) is 3.98. The second kappa shape index (κ2) is 9.79. The van der Waals surface area contributed by atoms with Crippen molar-refractivity contribution >= 4 is 44.4 Å². The number of rotatable bonds is 5. The minimum atomic E-state index is -0.393. The van der Waals surface area contributed by atoms with Crippen LogP contribution in [0.3, 0.4) is 0 Å². The molecule has 3 fully saturated rings. The summed E-state index contributed by atoms with van der Waals surface area (Å²) in [6.07, 6.45) is 4.14. The maximum atomic E-state index is 13.8. The third-order valence-corrected chi connectivity index (χ3v) is 7.88. The molecule has 1 N–H and O–H groups in total. The summed E-state index contributed by atoms with van der Waals surface area (Å²) < 4.78 is 19.3. The quantitative estimate of drug-likeness (QED) is 0.582. The molecule has 34 heavy (non-hydrogen) atoms. The first-order chi connectivity index (χ1) is 16.5. The van der Waals surface area contributed by atoms with Crippen LogP contribution < -0.4 is 15.6 Å². The van der Waals surface area contributed by atoms with Gasteiger partial charge >= 0.3 is 5.97 Å². The Morgan fingerprint density at radius 2 is 1.62 bits per heavy atom. The molecule has 0 unspecified atom stereocenters. The molecular weight excluding hydrogens is 504 g/mol. The average Bonchev–Trinajstić information content (AvgIpc) is 3.70. The molecule has 3 aliphatic rings. The summed E-state index contributed by atoms with van der Waals surface area (Å²) in [7, 11) is 0. The Morgan fingerprint density at radius 3 is 2.24 bits per heavy atom. The topological polar surface area (TPSA) is 95.9 Å². The van der Waals surface area contributed by atoms with Crippen molar-refractivity contribution in [3.05, 3.63) is 32.5 Å². The first-order valence-electron chi connectivity index (χ1n) is 12.0. The van der Waals surface area contributed by atoms with Crippen LogP contribution in [0.5, 0.6) is 5.75 Å². The van der Waals surface area contributed by atoms with E-state index in [1.54, 1.807) is 4.57 Å². The van der Waals surface area contributed by atoms with E-state index in [1.807, 2.05) is 19.1 Å². The van der Waals surface area contributed by atoms with Gasteiger partial charge < -0.3 is 24.1 Å². The number of anilines is 1. The SMILES string of the molecule is Cc1c(Br)ccc2c(OC(=O)C3CCOCC3)c(NC(=O)C3CCOCC3)c(=O)n(C3CC3)c12. The Balaban J connectivity index is 1.63. The molecule has 3 heterocycles. The van der Waals surface area contributed by atoms with Gasteiger partial charge in [0.25, 0.3) is 5.56 Å². The molecule has 1 aromatic heterocycles. The summed E-state index contributed by atoms with van der Waals surface area (Å²) in [6, 6.07) is 3.80. The highest BCUT2D eigenvalue weighted by atomic mass is 79.9. The number of pyridine rings is 1. The van der Waals surface area contributed by atoms with Crippen molar-refractivity contribution < 1.29 is 23.8 Å². The summed E-state index contributed by atoms with van der Waals surface area (Å²) in [5.74, 6) is -1.03. The number of ether oxygens (including phenoxy) is 3. The molecule has 182 valence electrons. The third kappa shape index (κ3) is 4.53.